The SMILES string of the molecule is Fc1ccc(C(=C2CCNCC2)c2ccc(F)c(F)c2)cc1F. The Bertz CT molecular complexity index is 706. The van der Waals surface area contributed by atoms with Crippen molar-refractivity contribution < 1.29 is 17.6 Å². The van der Waals surface area contributed by atoms with E-state index in [4.69, 9.17) is 0 Å². The molecule has 1 N–H and O–H groups in total. The second-order valence-corrected chi connectivity index (χ2v) is 5.49. The van der Waals surface area contributed by atoms with Gasteiger partial charge in [-0.1, -0.05) is 17.7 Å². The first-order valence-electron chi connectivity index (χ1n) is 7.40. The van der Waals surface area contributed by atoms with Crippen LogP contribution in [0.4, 0.5) is 17.6 Å². The number of hydrogen-bond donors (Lipinski definition) is 1. The molecular weight excluding hydrogens is 306 g/mol. The maximum absolute atomic E-state index is 13.6. The standard InChI is InChI=1S/C18H15F4N/c19-14-3-1-12(9-16(14)21)18(11-5-7-23-8-6-11)13-2-4-15(20)17(22)10-13/h1-4,9-10,23H,5-8H2. The zero-order chi connectivity index (χ0) is 16.4. The summed E-state index contributed by atoms with van der Waals surface area (Å²) < 4.78 is 53.7. The summed E-state index contributed by atoms with van der Waals surface area (Å²) in [7, 11) is 0. The maximum Gasteiger partial charge on any atom is 0.159 e. The van der Waals surface area contributed by atoms with Crippen LogP contribution in [0.25, 0.3) is 5.57 Å². The van der Waals surface area contributed by atoms with E-state index >= 15 is 0 Å². The van der Waals surface area contributed by atoms with Crippen molar-refractivity contribution >= 4 is 5.57 Å². The van der Waals surface area contributed by atoms with Crippen LogP contribution in [-0.4, -0.2) is 13.1 Å². The van der Waals surface area contributed by atoms with Crippen molar-refractivity contribution in [1.29, 1.82) is 0 Å². The summed E-state index contributed by atoms with van der Waals surface area (Å²) in [5.74, 6) is -3.79. The molecule has 3 rings (SSSR count). The molecule has 23 heavy (non-hydrogen) atoms. The first-order valence-corrected chi connectivity index (χ1v) is 7.40. The Hall–Kier alpha value is -2.14. The minimum atomic E-state index is -0.961. The lowest BCUT2D eigenvalue weighted by Crippen LogP contribution is -2.24. The normalized spacial score (nSPS) is 14.9. The average molecular weight is 321 g/mol. The van der Waals surface area contributed by atoms with Crippen LogP contribution < -0.4 is 5.32 Å². The largest absolute Gasteiger partial charge is 0.316 e. The van der Waals surface area contributed by atoms with Gasteiger partial charge in [-0.3, -0.25) is 0 Å². The molecule has 0 atom stereocenters. The molecule has 120 valence electrons. The van der Waals surface area contributed by atoms with Crippen LogP contribution in [0.1, 0.15) is 24.0 Å². The first kappa shape index (κ1) is 15.7. The summed E-state index contributed by atoms with van der Waals surface area (Å²) in [5.41, 5.74) is 2.59. The Labute approximate surface area is 131 Å². The van der Waals surface area contributed by atoms with Gasteiger partial charge in [-0.05, 0) is 66.9 Å². The van der Waals surface area contributed by atoms with Gasteiger partial charge < -0.3 is 5.32 Å². The van der Waals surface area contributed by atoms with E-state index in [0.29, 0.717) is 29.5 Å². The molecule has 1 saturated heterocycles. The Morgan fingerprint density at radius 1 is 0.696 bits per heavy atom. The van der Waals surface area contributed by atoms with E-state index in [1.165, 1.54) is 12.1 Å². The van der Waals surface area contributed by atoms with Crippen molar-refractivity contribution in [2.24, 2.45) is 0 Å². The van der Waals surface area contributed by atoms with Gasteiger partial charge in [0.15, 0.2) is 23.3 Å². The highest BCUT2D eigenvalue weighted by Crippen LogP contribution is 2.32. The predicted molar refractivity (Wildman–Crippen MR) is 80.8 cm³/mol. The summed E-state index contributed by atoms with van der Waals surface area (Å²) in [6.45, 7) is 1.51. The van der Waals surface area contributed by atoms with Crippen LogP contribution in [0.15, 0.2) is 42.0 Å². The number of halogens is 4. The molecule has 2 aromatic carbocycles. The van der Waals surface area contributed by atoms with Gasteiger partial charge in [-0.25, -0.2) is 17.6 Å². The smallest absolute Gasteiger partial charge is 0.159 e. The Morgan fingerprint density at radius 3 is 1.61 bits per heavy atom. The predicted octanol–water partition coefficient (Wildman–Crippen LogP) is 4.43. The Kier molecular flexibility index (Phi) is 4.48. The van der Waals surface area contributed by atoms with Crippen molar-refractivity contribution in [1.82, 2.24) is 5.32 Å². The molecule has 1 aliphatic rings. The molecule has 0 radical (unpaired) electrons. The lowest BCUT2D eigenvalue weighted by molar-refractivity contribution is 0.507. The van der Waals surface area contributed by atoms with E-state index in [2.05, 4.69) is 5.32 Å². The minimum absolute atomic E-state index is 0.465. The van der Waals surface area contributed by atoms with E-state index in [1.54, 1.807) is 0 Å². The second-order valence-electron chi connectivity index (χ2n) is 5.49. The zero-order valence-corrected chi connectivity index (χ0v) is 12.3. The van der Waals surface area contributed by atoms with E-state index in [0.717, 1.165) is 42.9 Å². The molecule has 0 spiro atoms. The van der Waals surface area contributed by atoms with Gasteiger partial charge in [0.25, 0.3) is 0 Å². The highest BCUT2D eigenvalue weighted by molar-refractivity contribution is 5.82. The van der Waals surface area contributed by atoms with Gasteiger partial charge in [-0.2, -0.15) is 0 Å². The van der Waals surface area contributed by atoms with Crippen molar-refractivity contribution in [2.45, 2.75) is 12.8 Å². The van der Waals surface area contributed by atoms with Crippen molar-refractivity contribution in [3.63, 3.8) is 0 Å². The van der Waals surface area contributed by atoms with E-state index in [1.807, 2.05) is 0 Å². The fourth-order valence-corrected chi connectivity index (χ4v) is 2.86. The van der Waals surface area contributed by atoms with Crippen molar-refractivity contribution in [3.05, 3.63) is 76.4 Å². The monoisotopic (exact) mass is 321 g/mol. The first-order chi connectivity index (χ1) is 11.1. The second kappa shape index (κ2) is 6.54. The zero-order valence-electron chi connectivity index (χ0n) is 12.3. The Balaban J connectivity index is 2.17. The molecule has 1 fully saturated rings. The number of benzene rings is 2. The third kappa shape index (κ3) is 3.29. The van der Waals surface area contributed by atoms with Gasteiger partial charge in [0.2, 0.25) is 0 Å². The lowest BCUT2D eigenvalue weighted by atomic mass is 9.88. The van der Waals surface area contributed by atoms with E-state index < -0.39 is 23.3 Å². The molecule has 0 unspecified atom stereocenters. The van der Waals surface area contributed by atoms with Gasteiger partial charge >= 0.3 is 0 Å². The van der Waals surface area contributed by atoms with Crippen LogP contribution in [-0.2, 0) is 0 Å². The molecular formula is C18H15F4N. The molecule has 1 heterocycles. The van der Waals surface area contributed by atoms with Crippen LogP contribution in [0, 0.1) is 23.3 Å². The van der Waals surface area contributed by atoms with Crippen LogP contribution in [0.2, 0.25) is 0 Å². The molecule has 0 amide bonds. The summed E-state index contributed by atoms with van der Waals surface area (Å²) >= 11 is 0. The average Bonchev–Trinajstić information content (AvgIpc) is 2.55. The fraction of sp³-hybridized carbons (Fsp3) is 0.222. The van der Waals surface area contributed by atoms with Gasteiger partial charge in [0, 0.05) is 0 Å². The third-order valence-electron chi connectivity index (χ3n) is 3.98. The molecule has 0 saturated carbocycles. The van der Waals surface area contributed by atoms with Crippen LogP contribution >= 0.6 is 0 Å². The third-order valence-corrected chi connectivity index (χ3v) is 3.98. The summed E-state index contributed by atoms with van der Waals surface area (Å²) in [6.07, 6.45) is 1.43. The lowest BCUT2D eigenvalue weighted by Gasteiger charge is -2.21. The topological polar surface area (TPSA) is 12.0 Å². The summed E-state index contributed by atoms with van der Waals surface area (Å²) in [4.78, 5) is 0. The fourth-order valence-electron chi connectivity index (χ4n) is 2.86. The van der Waals surface area contributed by atoms with Gasteiger partial charge in [0.1, 0.15) is 0 Å². The number of nitrogens with one attached hydrogen (secondary N) is 1. The van der Waals surface area contributed by atoms with Crippen molar-refractivity contribution in [3.8, 4) is 0 Å². The van der Waals surface area contributed by atoms with Gasteiger partial charge in [0.05, 0.1) is 0 Å². The molecule has 0 aliphatic carbocycles. The summed E-state index contributed by atoms with van der Waals surface area (Å²) in [6, 6.07) is 7.22. The quantitative estimate of drug-likeness (QED) is 0.807. The number of rotatable bonds is 2. The molecule has 1 aliphatic heterocycles. The molecule has 0 bridgehead atoms. The van der Waals surface area contributed by atoms with Crippen LogP contribution in [0.3, 0.4) is 0 Å². The number of piperidine rings is 1. The molecule has 0 aromatic heterocycles. The van der Waals surface area contributed by atoms with E-state index in [-0.39, 0.29) is 0 Å². The molecule has 5 heteroatoms. The highest BCUT2D eigenvalue weighted by Gasteiger charge is 2.17. The molecule has 2 aromatic rings. The number of hydrogen-bond acceptors (Lipinski definition) is 1. The molecule has 1 nitrogen and oxygen atoms in total. The maximum atomic E-state index is 13.6. The van der Waals surface area contributed by atoms with Gasteiger partial charge in [-0.15, -0.1) is 0 Å². The summed E-state index contributed by atoms with van der Waals surface area (Å²) in [5, 5.41) is 3.21. The van der Waals surface area contributed by atoms with Crippen molar-refractivity contribution in [2.75, 3.05) is 13.1 Å². The Morgan fingerprint density at radius 2 is 1.17 bits per heavy atom. The highest BCUT2D eigenvalue weighted by atomic mass is 19.2. The minimum Gasteiger partial charge on any atom is -0.316 e. The van der Waals surface area contributed by atoms with E-state index in [9.17, 15) is 17.6 Å². The van der Waals surface area contributed by atoms with Crippen LogP contribution in [0.5, 0.6) is 0 Å².